The number of carboxylic acids is 2. The minimum atomic E-state index is -1.31. The normalized spacial score (nSPS) is 7.59. The van der Waals surface area contributed by atoms with E-state index in [4.69, 9.17) is 10.2 Å². The van der Waals surface area contributed by atoms with Crippen LogP contribution >= 0.6 is 0 Å². The predicted molar refractivity (Wildman–Crippen MR) is 55.7 cm³/mol. The molecule has 0 aliphatic carbocycles. The van der Waals surface area contributed by atoms with E-state index in [1.807, 2.05) is 18.2 Å². The molecule has 1 aromatic carbocycles. The van der Waals surface area contributed by atoms with E-state index < -0.39 is 18.4 Å². The maximum atomic E-state index is 9.43. The molecule has 84 valence electrons. The van der Waals surface area contributed by atoms with Crippen molar-refractivity contribution in [2.75, 3.05) is 0 Å². The molecule has 0 atom stereocenters. The molecule has 0 fully saturated rings. The summed E-state index contributed by atoms with van der Waals surface area (Å²) < 4.78 is 0. The van der Waals surface area contributed by atoms with Gasteiger partial charge in [0.05, 0.1) is 0 Å². The van der Waals surface area contributed by atoms with Crippen LogP contribution in [-0.4, -0.2) is 22.2 Å². The summed E-state index contributed by atoms with van der Waals surface area (Å²) in [5.74, 6) is -2.62. The number of carbonyl (C=O) groups is 2. The standard InChI is InChI=1S/C8H9.C3H4O4.K.Li.H/c1-2-8-6-4-3-5-7-8;4-2(5)1-3(6)7;;;/h3-6H,2H2,1H3;1H2,(H,4,5)(H,6,7);;;/q-1;;2*+1;-1. The molecule has 0 saturated carbocycles. The van der Waals surface area contributed by atoms with Crippen LogP contribution in [0.1, 0.15) is 20.3 Å². The van der Waals surface area contributed by atoms with Crippen molar-refractivity contribution < 1.29 is 91.5 Å². The smallest absolute Gasteiger partial charge is 1.00 e. The molecule has 0 unspecified atom stereocenters. The summed E-state index contributed by atoms with van der Waals surface area (Å²) in [5, 5.41) is 15.4. The zero-order chi connectivity index (χ0) is 11.7. The van der Waals surface area contributed by atoms with Crippen LogP contribution in [-0.2, 0) is 16.0 Å². The second-order valence-electron chi connectivity index (χ2n) is 2.71. The Balaban J connectivity index is -0.0000000942. The Morgan fingerprint density at radius 2 is 1.82 bits per heavy atom. The second kappa shape index (κ2) is 14.5. The van der Waals surface area contributed by atoms with Gasteiger partial charge in [-0.1, -0.05) is 13.3 Å². The summed E-state index contributed by atoms with van der Waals surface area (Å²) in [4.78, 5) is 18.9. The number of hydrogen-bond donors (Lipinski definition) is 2. The van der Waals surface area contributed by atoms with Crippen LogP contribution in [0.15, 0.2) is 24.3 Å². The molecule has 0 saturated heterocycles. The Hall–Kier alpha value is 0.394. The van der Waals surface area contributed by atoms with Crippen LogP contribution in [0.2, 0.25) is 0 Å². The zero-order valence-corrected chi connectivity index (χ0v) is 13.6. The Bertz CT molecular complexity index is 310. The Kier molecular flexibility index (Phi) is 19.2. The Morgan fingerprint density at radius 3 is 2.00 bits per heavy atom. The van der Waals surface area contributed by atoms with Gasteiger partial charge in [-0.05, 0) is 0 Å². The van der Waals surface area contributed by atoms with Gasteiger partial charge in [-0.15, -0.1) is 0 Å². The van der Waals surface area contributed by atoms with Gasteiger partial charge in [0.1, 0.15) is 6.42 Å². The van der Waals surface area contributed by atoms with Crippen LogP contribution in [0.4, 0.5) is 0 Å². The summed E-state index contributed by atoms with van der Waals surface area (Å²) in [7, 11) is 0. The summed E-state index contributed by atoms with van der Waals surface area (Å²) >= 11 is 0. The van der Waals surface area contributed by atoms with E-state index in [1.165, 1.54) is 5.56 Å². The number of aryl methyl sites for hydroxylation is 1. The SMILES string of the molecule is CCc1[c-]cccc1.O=C(O)CC(=O)O.[H-].[K+].[Li+]. The third kappa shape index (κ3) is 16.4. The van der Waals surface area contributed by atoms with Crippen LogP contribution in [0.25, 0.3) is 0 Å². The molecule has 0 amide bonds. The molecule has 6 heteroatoms. The first-order chi connectivity index (χ1) is 7.06. The van der Waals surface area contributed by atoms with Gasteiger partial charge in [-0.25, -0.2) is 0 Å². The van der Waals surface area contributed by atoms with E-state index >= 15 is 0 Å². The zero-order valence-electron chi connectivity index (χ0n) is 11.4. The van der Waals surface area contributed by atoms with Gasteiger partial charge in [0.25, 0.3) is 0 Å². The van der Waals surface area contributed by atoms with Crippen LogP contribution in [0.5, 0.6) is 0 Å². The quantitative estimate of drug-likeness (QED) is 0.326. The van der Waals surface area contributed by atoms with Gasteiger partial charge in [-0.3, -0.25) is 9.59 Å². The van der Waals surface area contributed by atoms with Gasteiger partial charge >= 0.3 is 82.2 Å². The molecule has 0 bridgehead atoms. The van der Waals surface area contributed by atoms with E-state index in [0.29, 0.717) is 0 Å². The fraction of sp³-hybridized carbons (Fsp3) is 0.273. The second-order valence-corrected chi connectivity index (χ2v) is 2.71. The summed E-state index contributed by atoms with van der Waals surface area (Å²) in [6.07, 6.45) is 0.279. The van der Waals surface area contributed by atoms with Crippen LogP contribution in [0.3, 0.4) is 0 Å². The maximum absolute atomic E-state index is 9.43. The molecule has 0 aliphatic rings. The van der Waals surface area contributed by atoms with Crippen LogP contribution < -0.4 is 70.2 Å². The van der Waals surface area contributed by atoms with Crippen molar-refractivity contribution in [2.24, 2.45) is 0 Å². The van der Waals surface area contributed by atoms with Crippen molar-refractivity contribution in [3.8, 4) is 0 Å². The van der Waals surface area contributed by atoms with Crippen LogP contribution in [0, 0.1) is 6.07 Å². The van der Waals surface area contributed by atoms with Crippen molar-refractivity contribution >= 4 is 11.9 Å². The number of benzene rings is 1. The van der Waals surface area contributed by atoms with Crippen molar-refractivity contribution in [2.45, 2.75) is 19.8 Å². The third-order valence-electron chi connectivity index (χ3n) is 1.46. The molecular weight excluding hydrogens is 242 g/mol. The fourth-order valence-corrected chi connectivity index (χ4v) is 0.780. The molecule has 0 radical (unpaired) electrons. The van der Waals surface area contributed by atoms with Crippen molar-refractivity contribution in [1.82, 2.24) is 0 Å². The maximum Gasteiger partial charge on any atom is 1.00 e. The van der Waals surface area contributed by atoms with Crippen molar-refractivity contribution in [3.05, 3.63) is 35.9 Å². The monoisotopic (exact) mass is 256 g/mol. The van der Waals surface area contributed by atoms with Gasteiger partial charge < -0.3 is 11.6 Å². The summed E-state index contributed by atoms with van der Waals surface area (Å²) in [5.41, 5.74) is 1.28. The number of carboxylic acid groups (broad SMARTS) is 2. The largest absolute Gasteiger partial charge is 1.00 e. The fourth-order valence-electron chi connectivity index (χ4n) is 0.780. The summed E-state index contributed by atoms with van der Waals surface area (Å²) in [6.45, 7) is 2.13. The molecule has 0 spiro atoms. The Labute approximate surface area is 157 Å². The minimum absolute atomic E-state index is 0. The molecule has 4 nitrogen and oxygen atoms in total. The Morgan fingerprint density at radius 1 is 1.29 bits per heavy atom. The first-order valence-corrected chi connectivity index (χ1v) is 4.45. The molecule has 17 heavy (non-hydrogen) atoms. The average molecular weight is 256 g/mol. The van der Waals surface area contributed by atoms with E-state index in [-0.39, 0.29) is 71.7 Å². The van der Waals surface area contributed by atoms with Crippen molar-refractivity contribution in [3.63, 3.8) is 0 Å². The van der Waals surface area contributed by atoms with E-state index in [9.17, 15) is 9.59 Å². The topological polar surface area (TPSA) is 74.6 Å². The number of hydrogen-bond acceptors (Lipinski definition) is 2. The first kappa shape index (κ1) is 22.6. The number of rotatable bonds is 3. The summed E-state index contributed by atoms with van der Waals surface area (Å²) in [6, 6.07) is 11.2. The van der Waals surface area contributed by atoms with Gasteiger partial charge in [0.15, 0.2) is 0 Å². The molecule has 0 heterocycles. The van der Waals surface area contributed by atoms with E-state index in [2.05, 4.69) is 19.1 Å². The third-order valence-corrected chi connectivity index (χ3v) is 1.46. The number of aliphatic carboxylic acids is 2. The predicted octanol–water partition coefficient (Wildman–Crippen LogP) is -4.28. The molecule has 2 N–H and O–H groups in total. The molecule has 1 aromatic rings. The van der Waals surface area contributed by atoms with E-state index in [1.54, 1.807) is 0 Å². The first-order valence-electron chi connectivity index (χ1n) is 4.45. The molecular formula is C11H14KLiO4. The molecule has 0 aliphatic heterocycles. The van der Waals surface area contributed by atoms with Crippen molar-refractivity contribution in [1.29, 1.82) is 0 Å². The van der Waals surface area contributed by atoms with Gasteiger partial charge in [-0.2, -0.15) is 35.9 Å². The average Bonchev–Trinajstić information content (AvgIpc) is 2.18. The van der Waals surface area contributed by atoms with E-state index in [0.717, 1.165) is 6.42 Å². The molecule has 1 rings (SSSR count). The van der Waals surface area contributed by atoms with Gasteiger partial charge in [0, 0.05) is 0 Å². The molecule has 0 aromatic heterocycles. The minimum Gasteiger partial charge on any atom is -1.00 e. The van der Waals surface area contributed by atoms with Gasteiger partial charge in [0.2, 0.25) is 0 Å².